The van der Waals surface area contributed by atoms with E-state index in [1.54, 1.807) is 12.1 Å². The lowest BCUT2D eigenvalue weighted by Crippen LogP contribution is -2.35. The largest absolute Gasteiger partial charge is 0.354 e. The van der Waals surface area contributed by atoms with Crippen molar-refractivity contribution in [2.24, 2.45) is 0 Å². The number of aromatic amines is 1. The molecule has 7 heteroatoms. The van der Waals surface area contributed by atoms with Gasteiger partial charge in [0.2, 0.25) is 10.0 Å². The number of likely N-dealkylation sites (tertiary alicyclic amines) is 1. The number of aryl methyl sites for hydroxylation is 1. The number of H-pyrrole nitrogens is 1. The van der Waals surface area contributed by atoms with E-state index in [1.165, 1.54) is 18.4 Å². The molecule has 0 radical (unpaired) electrons. The highest BCUT2D eigenvalue weighted by Gasteiger charge is 2.20. The lowest BCUT2D eigenvalue weighted by molar-refractivity contribution is 0.0724. The minimum absolute atomic E-state index is 0.0894. The second kappa shape index (κ2) is 12.8. The fourth-order valence-electron chi connectivity index (χ4n) is 5.57. The number of rotatable bonds is 11. The average Bonchev–Trinajstić information content (AvgIpc) is 3.36. The highest BCUT2D eigenvalue weighted by Crippen LogP contribution is 2.31. The fourth-order valence-corrected chi connectivity index (χ4v) is 6.61. The maximum absolute atomic E-state index is 13.0. The van der Waals surface area contributed by atoms with Gasteiger partial charge in [0.25, 0.3) is 5.91 Å². The van der Waals surface area contributed by atoms with Crippen molar-refractivity contribution in [3.8, 4) is 11.3 Å². The first-order valence-electron chi connectivity index (χ1n) is 14.5. The zero-order valence-corrected chi connectivity index (χ0v) is 24.1. The van der Waals surface area contributed by atoms with Crippen molar-refractivity contribution >= 4 is 26.8 Å². The number of carbonyl (C=O) groups excluding carboxylic acids is 1. The molecule has 40 heavy (non-hydrogen) atoms. The van der Waals surface area contributed by atoms with Crippen LogP contribution < -0.4 is 4.72 Å². The van der Waals surface area contributed by atoms with Gasteiger partial charge in [0.1, 0.15) is 0 Å². The minimum atomic E-state index is -3.61. The summed E-state index contributed by atoms with van der Waals surface area (Å²) in [5.41, 5.74) is 5.85. The van der Waals surface area contributed by atoms with Gasteiger partial charge >= 0.3 is 0 Å². The van der Waals surface area contributed by atoms with E-state index in [9.17, 15) is 13.2 Å². The second-order valence-corrected chi connectivity index (χ2v) is 12.5. The van der Waals surface area contributed by atoms with Gasteiger partial charge in [0.05, 0.1) is 4.90 Å². The Labute approximate surface area is 237 Å². The van der Waals surface area contributed by atoms with Crippen LogP contribution in [0.25, 0.3) is 22.2 Å². The zero-order chi connectivity index (χ0) is 28.0. The Morgan fingerprint density at radius 2 is 1.60 bits per heavy atom. The van der Waals surface area contributed by atoms with E-state index in [0.29, 0.717) is 16.9 Å². The third-order valence-electron chi connectivity index (χ3n) is 7.85. The number of fused-ring (bicyclic) bond motifs is 1. The van der Waals surface area contributed by atoms with Crippen LogP contribution >= 0.6 is 0 Å². The van der Waals surface area contributed by atoms with Gasteiger partial charge in [0.15, 0.2) is 0 Å². The summed E-state index contributed by atoms with van der Waals surface area (Å²) < 4.78 is 28.9. The Bertz CT molecular complexity index is 1530. The van der Waals surface area contributed by atoms with Gasteiger partial charge in [-0.25, -0.2) is 13.1 Å². The predicted molar refractivity (Wildman–Crippen MR) is 162 cm³/mol. The molecule has 4 aromatic rings. The molecule has 0 atom stereocenters. The van der Waals surface area contributed by atoms with Crippen molar-refractivity contribution in [1.29, 1.82) is 0 Å². The number of hydrogen-bond acceptors (Lipinski definition) is 3. The lowest BCUT2D eigenvalue weighted by atomic mass is 10.0. The number of nitrogens with one attached hydrogen (secondary N) is 2. The molecule has 1 aromatic heterocycles. The number of sulfonamides is 1. The monoisotopic (exact) mass is 557 g/mol. The smallest absolute Gasteiger partial charge is 0.253 e. The Morgan fingerprint density at radius 3 is 2.33 bits per heavy atom. The van der Waals surface area contributed by atoms with Crippen molar-refractivity contribution in [3.63, 3.8) is 0 Å². The van der Waals surface area contributed by atoms with E-state index >= 15 is 0 Å². The summed E-state index contributed by atoms with van der Waals surface area (Å²) in [6.45, 7) is 4.11. The first-order valence-corrected chi connectivity index (χ1v) is 16.0. The molecule has 6 nitrogen and oxygen atoms in total. The van der Waals surface area contributed by atoms with Crippen LogP contribution in [0.5, 0.6) is 0 Å². The topological polar surface area (TPSA) is 82.3 Å². The molecule has 1 amide bonds. The van der Waals surface area contributed by atoms with E-state index in [1.807, 2.05) is 59.5 Å². The molecule has 3 aromatic carbocycles. The fraction of sp³-hybridized carbons (Fsp3) is 0.364. The molecule has 210 valence electrons. The molecule has 0 saturated carbocycles. The van der Waals surface area contributed by atoms with Gasteiger partial charge in [-0.05, 0) is 85.5 Å². The molecule has 5 rings (SSSR count). The summed E-state index contributed by atoms with van der Waals surface area (Å²) in [5, 5.41) is 1.07. The third-order valence-corrected chi connectivity index (χ3v) is 9.32. The summed E-state index contributed by atoms with van der Waals surface area (Å²) in [7, 11) is -3.61. The summed E-state index contributed by atoms with van der Waals surface area (Å²) in [5.74, 6) is 0.0894. The highest BCUT2D eigenvalue weighted by molar-refractivity contribution is 7.89. The van der Waals surface area contributed by atoms with E-state index in [2.05, 4.69) is 22.7 Å². The first kappa shape index (κ1) is 28.1. The molecule has 1 fully saturated rings. The van der Waals surface area contributed by atoms with Crippen molar-refractivity contribution < 1.29 is 13.2 Å². The number of benzene rings is 3. The van der Waals surface area contributed by atoms with Crippen LogP contribution in [0, 0.1) is 0 Å². The van der Waals surface area contributed by atoms with Crippen LogP contribution in [0.15, 0.2) is 77.7 Å². The van der Waals surface area contributed by atoms with Gasteiger partial charge in [-0.15, -0.1) is 0 Å². The number of nitrogens with zero attached hydrogens (tertiary/aromatic N) is 1. The molecule has 0 bridgehead atoms. The van der Waals surface area contributed by atoms with Crippen LogP contribution in [-0.4, -0.2) is 43.8 Å². The number of piperidine rings is 1. The highest BCUT2D eigenvalue weighted by atomic mass is 32.2. The van der Waals surface area contributed by atoms with Crippen molar-refractivity contribution in [1.82, 2.24) is 14.6 Å². The Kier molecular flexibility index (Phi) is 9.02. The molecule has 1 saturated heterocycles. The zero-order valence-electron chi connectivity index (χ0n) is 23.3. The summed E-state index contributed by atoms with van der Waals surface area (Å²) in [6, 6.07) is 23.1. The minimum Gasteiger partial charge on any atom is -0.354 e. The number of para-hydroxylation sites is 1. The summed E-state index contributed by atoms with van der Waals surface area (Å²) in [6.07, 6.45) is 8.28. The van der Waals surface area contributed by atoms with E-state index in [0.717, 1.165) is 72.9 Å². The number of amides is 1. The SMILES string of the molecule is CCCCCc1ccc(S(=O)(=O)NCCc2c(-c3ccc(C(=O)N4CCCCC4)cc3)[nH]c3ccccc23)cc1. The van der Waals surface area contributed by atoms with Gasteiger partial charge in [0, 0.05) is 41.8 Å². The van der Waals surface area contributed by atoms with Crippen molar-refractivity contribution in [2.75, 3.05) is 19.6 Å². The van der Waals surface area contributed by atoms with Crippen molar-refractivity contribution in [3.05, 3.63) is 89.5 Å². The molecule has 2 heterocycles. The third kappa shape index (κ3) is 6.48. The summed E-state index contributed by atoms with van der Waals surface area (Å²) in [4.78, 5) is 18.7. The van der Waals surface area contributed by atoms with Crippen LogP contribution in [0.4, 0.5) is 0 Å². The van der Waals surface area contributed by atoms with Crippen LogP contribution in [0.1, 0.15) is 66.9 Å². The molecule has 1 aliphatic heterocycles. The molecule has 2 N–H and O–H groups in total. The van der Waals surface area contributed by atoms with Gasteiger partial charge in [-0.3, -0.25) is 4.79 Å². The summed E-state index contributed by atoms with van der Waals surface area (Å²) >= 11 is 0. The van der Waals surface area contributed by atoms with E-state index in [-0.39, 0.29) is 12.5 Å². The Morgan fingerprint density at radius 1 is 0.875 bits per heavy atom. The maximum atomic E-state index is 13.0. The number of carbonyl (C=O) groups is 1. The van der Waals surface area contributed by atoms with Crippen molar-refractivity contribution in [2.45, 2.75) is 63.2 Å². The van der Waals surface area contributed by atoms with Gasteiger partial charge < -0.3 is 9.88 Å². The maximum Gasteiger partial charge on any atom is 0.253 e. The molecular weight excluding hydrogens is 518 g/mol. The lowest BCUT2D eigenvalue weighted by Gasteiger charge is -2.26. The quantitative estimate of drug-likeness (QED) is 0.201. The number of unbranched alkanes of at least 4 members (excludes halogenated alkanes) is 2. The number of aromatic nitrogens is 1. The molecule has 1 aliphatic rings. The second-order valence-electron chi connectivity index (χ2n) is 10.7. The normalized spacial score (nSPS) is 14.1. The Hall–Kier alpha value is -3.42. The van der Waals surface area contributed by atoms with Crippen LogP contribution in [0.3, 0.4) is 0 Å². The average molecular weight is 558 g/mol. The molecular formula is C33H39N3O3S. The first-order chi connectivity index (χ1) is 19.5. The van der Waals surface area contributed by atoms with Crippen LogP contribution in [0.2, 0.25) is 0 Å². The predicted octanol–water partition coefficient (Wildman–Crippen LogP) is 6.71. The number of hydrogen-bond donors (Lipinski definition) is 2. The Balaban J connectivity index is 1.30. The molecule has 0 aliphatic carbocycles. The van der Waals surface area contributed by atoms with Crippen LogP contribution in [-0.2, 0) is 22.9 Å². The van der Waals surface area contributed by atoms with E-state index < -0.39 is 10.0 Å². The van der Waals surface area contributed by atoms with Gasteiger partial charge in [-0.2, -0.15) is 0 Å². The molecule has 0 unspecified atom stereocenters. The van der Waals surface area contributed by atoms with E-state index in [4.69, 9.17) is 0 Å². The standard InChI is InChI=1S/C33H39N3O3S/c1-2-3-5-10-25-13-19-28(20-14-25)40(38,39)34-22-21-30-29-11-6-7-12-31(29)35-32(30)26-15-17-27(18-16-26)33(37)36-23-8-4-9-24-36/h6-7,11-20,34-35H,2-5,8-10,21-24H2,1H3. The molecule has 0 spiro atoms. The van der Waals surface area contributed by atoms with Gasteiger partial charge in [-0.1, -0.05) is 62.2 Å².